The summed E-state index contributed by atoms with van der Waals surface area (Å²) < 4.78 is 0. The smallest absolute Gasteiger partial charge is 0.226 e. The van der Waals surface area contributed by atoms with Crippen molar-refractivity contribution in [2.45, 2.75) is 26.2 Å². The maximum absolute atomic E-state index is 12.7. The molecule has 3 rings (SSSR count). The number of carbonyl (C=O) groups excluding carboxylic acids is 1. The van der Waals surface area contributed by atoms with Crippen LogP contribution in [0.1, 0.15) is 24.1 Å². The Labute approximate surface area is 130 Å². The Hall–Kier alpha value is -1.14. The van der Waals surface area contributed by atoms with Crippen molar-refractivity contribution < 1.29 is 4.79 Å². The molecule has 5 nitrogen and oxygen atoms in total. The van der Waals surface area contributed by atoms with E-state index in [1.165, 1.54) is 4.88 Å². The first-order valence-corrected chi connectivity index (χ1v) is 8.67. The standard InChI is InChI=1S/C15H24N4OS/c1-11-10-17-15(21-11)19-7-5-18(6-8-19)14(20)13-4-2-3-12(13)9-16/h10,12-13H,2-9,16H2,1H3/t12-,13-/m1/s1. The summed E-state index contributed by atoms with van der Waals surface area (Å²) in [6, 6.07) is 0. The maximum atomic E-state index is 12.7. The molecule has 6 heteroatoms. The zero-order valence-corrected chi connectivity index (χ0v) is 13.4. The van der Waals surface area contributed by atoms with Crippen LogP contribution >= 0.6 is 11.3 Å². The molecule has 21 heavy (non-hydrogen) atoms. The largest absolute Gasteiger partial charge is 0.345 e. The molecule has 0 aromatic carbocycles. The van der Waals surface area contributed by atoms with E-state index in [-0.39, 0.29) is 5.92 Å². The predicted molar refractivity (Wildman–Crippen MR) is 85.5 cm³/mol. The Morgan fingerprint density at radius 3 is 2.76 bits per heavy atom. The molecular formula is C15H24N4OS. The summed E-state index contributed by atoms with van der Waals surface area (Å²) in [7, 11) is 0. The summed E-state index contributed by atoms with van der Waals surface area (Å²) in [6.07, 6.45) is 5.20. The van der Waals surface area contributed by atoms with Gasteiger partial charge in [-0.25, -0.2) is 4.98 Å². The average Bonchev–Trinajstić information content (AvgIpc) is 3.15. The van der Waals surface area contributed by atoms with Gasteiger partial charge in [0.25, 0.3) is 0 Å². The zero-order chi connectivity index (χ0) is 14.8. The molecule has 2 atom stereocenters. The van der Waals surface area contributed by atoms with E-state index < -0.39 is 0 Å². The Morgan fingerprint density at radius 2 is 2.14 bits per heavy atom. The second kappa shape index (κ2) is 6.32. The Morgan fingerprint density at radius 1 is 1.38 bits per heavy atom. The zero-order valence-electron chi connectivity index (χ0n) is 12.6. The minimum Gasteiger partial charge on any atom is -0.345 e. The predicted octanol–water partition coefficient (Wildman–Crippen LogP) is 1.48. The Kier molecular flexibility index (Phi) is 4.45. The number of hydrogen-bond acceptors (Lipinski definition) is 5. The van der Waals surface area contributed by atoms with Crippen molar-refractivity contribution in [3.8, 4) is 0 Å². The van der Waals surface area contributed by atoms with Gasteiger partial charge in [0.05, 0.1) is 0 Å². The number of nitrogens with zero attached hydrogens (tertiary/aromatic N) is 3. The van der Waals surface area contributed by atoms with Crippen LogP contribution in [-0.2, 0) is 4.79 Å². The number of nitrogens with two attached hydrogens (primary N) is 1. The van der Waals surface area contributed by atoms with Crippen molar-refractivity contribution in [2.24, 2.45) is 17.6 Å². The molecule has 2 heterocycles. The summed E-state index contributed by atoms with van der Waals surface area (Å²) in [4.78, 5) is 22.7. The molecule has 0 radical (unpaired) electrons. The molecule has 1 amide bonds. The van der Waals surface area contributed by atoms with E-state index in [0.29, 0.717) is 18.4 Å². The van der Waals surface area contributed by atoms with Gasteiger partial charge in [0.2, 0.25) is 5.91 Å². The number of rotatable bonds is 3. The molecule has 0 spiro atoms. The van der Waals surface area contributed by atoms with E-state index in [1.807, 2.05) is 11.1 Å². The van der Waals surface area contributed by atoms with Gasteiger partial charge in [-0.2, -0.15) is 0 Å². The van der Waals surface area contributed by atoms with E-state index in [0.717, 1.165) is 50.6 Å². The maximum Gasteiger partial charge on any atom is 0.226 e. The molecule has 1 aromatic rings. The molecule has 0 bridgehead atoms. The van der Waals surface area contributed by atoms with Gasteiger partial charge >= 0.3 is 0 Å². The summed E-state index contributed by atoms with van der Waals surface area (Å²) in [6.45, 7) is 6.12. The van der Waals surface area contributed by atoms with E-state index in [4.69, 9.17) is 5.73 Å². The van der Waals surface area contributed by atoms with Crippen LogP contribution in [0.5, 0.6) is 0 Å². The molecule has 1 saturated heterocycles. The molecule has 0 unspecified atom stereocenters. The lowest BCUT2D eigenvalue weighted by molar-refractivity contribution is -0.136. The van der Waals surface area contributed by atoms with E-state index in [2.05, 4.69) is 16.8 Å². The van der Waals surface area contributed by atoms with Crippen molar-refractivity contribution >= 4 is 22.4 Å². The van der Waals surface area contributed by atoms with Crippen molar-refractivity contribution in [3.05, 3.63) is 11.1 Å². The summed E-state index contributed by atoms with van der Waals surface area (Å²) in [5.74, 6) is 0.902. The third kappa shape index (κ3) is 3.06. The van der Waals surface area contributed by atoms with Gasteiger partial charge in [-0.1, -0.05) is 6.42 Å². The van der Waals surface area contributed by atoms with Gasteiger partial charge in [-0.05, 0) is 32.2 Å². The van der Waals surface area contributed by atoms with E-state index >= 15 is 0 Å². The van der Waals surface area contributed by atoms with Crippen LogP contribution in [0.4, 0.5) is 5.13 Å². The molecule has 1 aromatic heterocycles. The van der Waals surface area contributed by atoms with Crippen LogP contribution < -0.4 is 10.6 Å². The number of amides is 1. The minimum atomic E-state index is 0.170. The van der Waals surface area contributed by atoms with Crippen LogP contribution in [0.3, 0.4) is 0 Å². The monoisotopic (exact) mass is 308 g/mol. The number of thiazole rings is 1. The van der Waals surface area contributed by atoms with Crippen LogP contribution in [-0.4, -0.2) is 48.5 Å². The van der Waals surface area contributed by atoms with Gasteiger partial charge in [-0.3, -0.25) is 4.79 Å². The van der Waals surface area contributed by atoms with Gasteiger partial charge in [0.15, 0.2) is 5.13 Å². The fraction of sp³-hybridized carbons (Fsp3) is 0.733. The van der Waals surface area contributed by atoms with Gasteiger partial charge in [0, 0.05) is 43.2 Å². The van der Waals surface area contributed by atoms with Crippen LogP contribution in [0.2, 0.25) is 0 Å². The summed E-state index contributed by atoms with van der Waals surface area (Å²) in [5.41, 5.74) is 5.81. The fourth-order valence-electron chi connectivity index (χ4n) is 3.49. The molecule has 1 saturated carbocycles. The minimum absolute atomic E-state index is 0.170. The molecule has 1 aliphatic heterocycles. The first kappa shape index (κ1) is 14.8. The normalized spacial score (nSPS) is 26.4. The highest BCUT2D eigenvalue weighted by Gasteiger charge is 2.35. The topological polar surface area (TPSA) is 62.5 Å². The highest BCUT2D eigenvalue weighted by molar-refractivity contribution is 7.15. The second-order valence-corrected chi connectivity index (χ2v) is 7.31. The summed E-state index contributed by atoms with van der Waals surface area (Å²) in [5, 5.41) is 1.08. The van der Waals surface area contributed by atoms with Crippen LogP contribution in [0.25, 0.3) is 0 Å². The molecule has 2 aliphatic rings. The van der Waals surface area contributed by atoms with E-state index in [1.54, 1.807) is 11.3 Å². The lowest BCUT2D eigenvalue weighted by Crippen LogP contribution is -2.51. The molecule has 2 fully saturated rings. The van der Waals surface area contributed by atoms with Crippen molar-refractivity contribution in [3.63, 3.8) is 0 Å². The lowest BCUT2D eigenvalue weighted by atomic mass is 9.94. The third-order valence-electron chi connectivity index (χ3n) is 4.75. The average molecular weight is 308 g/mol. The fourth-order valence-corrected chi connectivity index (χ4v) is 4.30. The SMILES string of the molecule is Cc1cnc(N2CCN(C(=O)[C@@H]3CCC[C@@H]3CN)CC2)s1. The van der Waals surface area contributed by atoms with Gasteiger partial charge in [-0.15, -0.1) is 11.3 Å². The number of hydrogen-bond donors (Lipinski definition) is 1. The lowest BCUT2D eigenvalue weighted by Gasteiger charge is -2.36. The third-order valence-corrected chi connectivity index (χ3v) is 5.72. The first-order valence-electron chi connectivity index (χ1n) is 7.85. The summed E-state index contributed by atoms with van der Waals surface area (Å²) >= 11 is 1.73. The van der Waals surface area contributed by atoms with Crippen molar-refractivity contribution in [1.29, 1.82) is 0 Å². The highest BCUT2D eigenvalue weighted by Crippen LogP contribution is 2.33. The van der Waals surface area contributed by atoms with Gasteiger partial charge in [0.1, 0.15) is 0 Å². The van der Waals surface area contributed by atoms with Gasteiger partial charge < -0.3 is 15.5 Å². The Balaban J connectivity index is 1.57. The second-order valence-electron chi connectivity index (χ2n) is 6.10. The van der Waals surface area contributed by atoms with Crippen LogP contribution in [0.15, 0.2) is 6.20 Å². The molecule has 2 N–H and O–H groups in total. The molecule has 116 valence electrons. The van der Waals surface area contributed by atoms with Crippen molar-refractivity contribution in [2.75, 3.05) is 37.6 Å². The quantitative estimate of drug-likeness (QED) is 0.918. The van der Waals surface area contributed by atoms with E-state index in [9.17, 15) is 4.79 Å². The number of carbonyl (C=O) groups is 1. The number of piperazine rings is 1. The first-order chi connectivity index (χ1) is 10.2. The molecular weight excluding hydrogens is 284 g/mol. The number of aryl methyl sites for hydroxylation is 1. The molecule has 1 aliphatic carbocycles. The van der Waals surface area contributed by atoms with Crippen LogP contribution in [0, 0.1) is 18.8 Å². The Bertz CT molecular complexity index is 496. The number of anilines is 1. The van der Waals surface area contributed by atoms with Crippen molar-refractivity contribution in [1.82, 2.24) is 9.88 Å². The highest BCUT2D eigenvalue weighted by atomic mass is 32.1. The number of aromatic nitrogens is 1.